The van der Waals surface area contributed by atoms with Crippen molar-refractivity contribution in [1.29, 1.82) is 0 Å². The van der Waals surface area contributed by atoms with Gasteiger partial charge >= 0.3 is 0 Å². The summed E-state index contributed by atoms with van der Waals surface area (Å²) in [6, 6.07) is 8.45. The van der Waals surface area contributed by atoms with Crippen molar-refractivity contribution in [2.24, 2.45) is 0 Å². The maximum atomic E-state index is 13.8. The SMILES string of the molecule is CCOc1ccc(CNS(=O)(=O)c2ccc(Cl)cc2F)cc1OC. The fourth-order valence-electron chi connectivity index (χ4n) is 2.05. The van der Waals surface area contributed by atoms with Gasteiger partial charge in [-0.3, -0.25) is 0 Å². The molecule has 8 heteroatoms. The average molecular weight is 374 g/mol. The summed E-state index contributed by atoms with van der Waals surface area (Å²) in [6.45, 7) is 2.31. The van der Waals surface area contributed by atoms with E-state index < -0.39 is 20.7 Å². The first-order chi connectivity index (χ1) is 11.4. The zero-order chi connectivity index (χ0) is 17.7. The molecule has 0 saturated heterocycles. The molecule has 2 aromatic carbocycles. The first-order valence-corrected chi connectivity index (χ1v) is 8.98. The van der Waals surface area contributed by atoms with Crippen LogP contribution in [0.3, 0.4) is 0 Å². The highest BCUT2D eigenvalue weighted by molar-refractivity contribution is 7.89. The van der Waals surface area contributed by atoms with Gasteiger partial charge in [-0.25, -0.2) is 17.5 Å². The van der Waals surface area contributed by atoms with Crippen LogP contribution in [0, 0.1) is 5.82 Å². The predicted octanol–water partition coefficient (Wildman–Crippen LogP) is 3.36. The van der Waals surface area contributed by atoms with E-state index >= 15 is 0 Å². The quantitative estimate of drug-likeness (QED) is 0.808. The minimum Gasteiger partial charge on any atom is -0.493 e. The summed E-state index contributed by atoms with van der Waals surface area (Å²) in [4.78, 5) is -0.454. The molecule has 0 radical (unpaired) electrons. The van der Waals surface area contributed by atoms with E-state index in [1.807, 2.05) is 6.92 Å². The molecule has 1 N–H and O–H groups in total. The van der Waals surface area contributed by atoms with Crippen LogP contribution in [0.4, 0.5) is 4.39 Å². The predicted molar refractivity (Wildman–Crippen MR) is 89.6 cm³/mol. The van der Waals surface area contributed by atoms with Crippen molar-refractivity contribution in [3.8, 4) is 11.5 Å². The van der Waals surface area contributed by atoms with Gasteiger partial charge in [-0.15, -0.1) is 0 Å². The van der Waals surface area contributed by atoms with Gasteiger partial charge in [0.15, 0.2) is 11.5 Å². The summed E-state index contributed by atoms with van der Waals surface area (Å²) < 4.78 is 51.2. The van der Waals surface area contributed by atoms with Crippen LogP contribution < -0.4 is 14.2 Å². The van der Waals surface area contributed by atoms with Gasteiger partial charge in [0.05, 0.1) is 13.7 Å². The molecule has 130 valence electrons. The monoisotopic (exact) mass is 373 g/mol. The highest BCUT2D eigenvalue weighted by Crippen LogP contribution is 2.28. The van der Waals surface area contributed by atoms with Gasteiger partial charge in [0.1, 0.15) is 10.7 Å². The molecule has 24 heavy (non-hydrogen) atoms. The molecular formula is C16H17ClFNO4S. The molecular weight excluding hydrogens is 357 g/mol. The fraction of sp³-hybridized carbons (Fsp3) is 0.250. The largest absolute Gasteiger partial charge is 0.493 e. The summed E-state index contributed by atoms with van der Waals surface area (Å²) >= 11 is 5.63. The Hall–Kier alpha value is -1.83. The molecule has 0 aliphatic rings. The van der Waals surface area contributed by atoms with Crippen LogP contribution in [0.5, 0.6) is 11.5 Å². The van der Waals surface area contributed by atoms with E-state index in [9.17, 15) is 12.8 Å². The standard InChI is InChI=1S/C16H17ClFNO4S/c1-3-23-14-6-4-11(8-15(14)22-2)10-19-24(20,21)16-7-5-12(17)9-13(16)18/h4-9,19H,3,10H2,1-2H3. The van der Waals surface area contributed by atoms with Gasteiger partial charge < -0.3 is 9.47 Å². The van der Waals surface area contributed by atoms with Gasteiger partial charge in [0.25, 0.3) is 0 Å². The lowest BCUT2D eigenvalue weighted by Gasteiger charge is -2.12. The van der Waals surface area contributed by atoms with E-state index in [4.69, 9.17) is 21.1 Å². The van der Waals surface area contributed by atoms with Crippen LogP contribution >= 0.6 is 11.6 Å². The third-order valence-corrected chi connectivity index (χ3v) is 4.85. The number of halogens is 2. The van der Waals surface area contributed by atoms with Gasteiger partial charge in [-0.1, -0.05) is 17.7 Å². The van der Waals surface area contributed by atoms with Crippen molar-refractivity contribution in [1.82, 2.24) is 4.72 Å². The number of methoxy groups -OCH3 is 1. The highest BCUT2D eigenvalue weighted by Gasteiger charge is 2.19. The number of nitrogens with one attached hydrogen (secondary N) is 1. The number of benzene rings is 2. The van der Waals surface area contributed by atoms with Crippen molar-refractivity contribution < 1.29 is 22.3 Å². The maximum Gasteiger partial charge on any atom is 0.243 e. The van der Waals surface area contributed by atoms with Crippen molar-refractivity contribution in [3.63, 3.8) is 0 Å². The zero-order valence-electron chi connectivity index (χ0n) is 13.2. The second kappa shape index (κ2) is 7.83. The average Bonchev–Trinajstić information content (AvgIpc) is 2.53. The number of hydrogen-bond donors (Lipinski definition) is 1. The maximum absolute atomic E-state index is 13.8. The minimum absolute atomic E-state index is 0.0207. The van der Waals surface area contributed by atoms with Crippen molar-refractivity contribution >= 4 is 21.6 Å². The summed E-state index contributed by atoms with van der Waals surface area (Å²) in [6.07, 6.45) is 0. The zero-order valence-corrected chi connectivity index (χ0v) is 14.7. The van der Waals surface area contributed by atoms with Crippen LogP contribution in [0.15, 0.2) is 41.3 Å². The molecule has 0 unspecified atom stereocenters. The molecule has 0 amide bonds. The molecule has 0 aliphatic carbocycles. The Morgan fingerprint density at radius 2 is 1.92 bits per heavy atom. The lowest BCUT2D eigenvalue weighted by atomic mass is 10.2. The van der Waals surface area contributed by atoms with Crippen LogP contribution in [-0.4, -0.2) is 22.1 Å². The summed E-state index contributed by atoms with van der Waals surface area (Å²) in [7, 11) is -2.51. The molecule has 5 nitrogen and oxygen atoms in total. The van der Waals surface area contributed by atoms with E-state index in [-0.39, 0.29) is 11.6 Å². The molecule has 0 spiro atoms. The van der Waals surface area contributed by atoms with E-state index in [1.54, 1.807) is 18.2 Å². The first-order valence-electron chi connectivity index (χ1n) is 7.11. The molecule has 0 atom stereocenters. The Bertz CT molecular complexity index is 827. The minimum atomic E-state index is -4.00. The second-order valence-electron chi connectivity index (χ2n) is 4.82. The number of sulfonamides is 1. The van der Waals surface area contributed by atoms with E-state index in [0.717, 1.165) is 12.1 Å². The number of hydrogen-bond acceptors (Lipinski definition) is 4. The Balaban J connectivity index is 2.17. The molecule has 0 heterocycles. The first kappa shape index (κ1) is 18.5. The third kappa shape index (κ3) is 4.37. The molecule has 2 rings (SSSR count). The third-order valence-electron chi connectivity index (χ3n) is 3.18. The molecule has 2 aromatic rings. The second-order valence-corrected chi connectivity index (χ2v) is 6.99. The summed E-state index contributed by atoms with van der Waals surface area (Å²) in [5.74, 6) is 0.154. The Morgan fingerprint density at radius 1 is 1.17 bits per heavy atom. The highest BCUT2D eigenvalue weighted by atomic mass is 35.5. The fourth-order valence-corrected chi connectivity index (χ4v) is 3.28. The summed E-state index contributed by atoms with van der Waals surface area (Å²) in [5, 5.41) is 0.127. The van der Waals surface area contributed by atoms with Crippen molar-refractivity contribution in [3.05, 3.63) is 52.8 Å². The molecule has 0 aromatic heterocycles. The Morgan fingerprint density at radius 3 is 2.54 bits per heavy atom. The number of ether oxygens (including phenoxy) is 2. The van der Waals surface area contributed by atoms with Crippen molar-refractivity contribution in [2.45, 2.75) is 18.4 Å². The summed E-state index contributed by atoms with van der Waals surface area (Å²) in [5.41, 5.74) is 0.647. The lowest BCUT2D eigenvalue weighted by Crippen LogP contribution is -2.24. The molecule has 0 saturated carbocycles. The van der Waals surface area contributed by atoms with E-state index in [0.29, 0.717) is 23.7 Å². The van der Waals surface area contributed by atoms with Crippen LogP contribution in [0.25, 0.3) is 0 Å². The topological polar surface area (TPSA) is 64.6 Å². The molecule has 0 bridgehead atoms. The van der Waals surface area contributed by atoms with Crippen LogP contribution in [0.2, 0.25) is 5.02 Å². The Labute approximate surface area is 145 Å². The van der Waals surface area contributed by atoms with Gasteiger partial charge in [-0.2, -0.15) is 0 Å². The Kier molecular flexibility index (Phi) is 6.04. The molecule has 0 fully saturated rings. The van der Waals surface area contributed by atoms with Crippen molar-refractivity contribution in [2.75, 3.05) is 13.7 Å². The lowest BCUT2D eigenvalue weighted by molar-refractivity contribution is 0.310. The van der Waals surface area contributed by atoms with Gasteiger partial charge in [-0.05, 0) is 42.8 Å². The van der Waals surface area contributed by atoms with Crippen LogP contribution in [0.1, 0.15) is 12.5 Å². The van der Waals surface area contributed by atoms with Gasteiger partial charge in [0.2, 0.25) is 10.0 Å². The van der Waals surface area contributed by atoms with E-state index in [1.165, 1.54) is 13.2 Å². The normalized spacial score (nSPS) is 11.3. The molecule has 0 aliphatic heterocycles. The number of rotatable bonds is 7. The smallest absolute Gasteiger partial charge is 0.243 e. The van der Waals surface area contributed by atoms with E-state index in [2.05, 4.69) is 4.72 Å². The van der Waals surface area contributed by atoms with Crippen LogP contribution in [-0.2, 0) is 16.6 Å². The van der Waals surface area contributed by atoms with Gasteiger partial charge in [0, 0.05) is 11.6 Å².